The van der Waals surface area contributed by atoms with Crippen molar-refractivity contribution < 1.29 is 18.1 Å². The summed E-state index contributed by atoms with van der Waals surface area (Å²) in [5, 5.41) is 0.842. The van der Waals surface area contributed by atoms with Crippen molar-refractivity contribution in [2.75, 3.05) is 36.4 Å². The van der Waals surface area contributed by atoms with E-state index in [0.717, 1.165) is 0 Å². The third-order valence-corrected chi connectivity index (χ3v) is 8.43. The Bertz CT molecular complexity index is 260. The standard InChI is InChI=1S/C9H15Br4Cl2O4P/c10-1-7(12)4-17-20(16,18-5-8(13)2-11)19-6-9(15)3-14/h7-9H,1-6H2/t7-,8+,9-,20?/m1/s1. The average Bonchev–Trinajstić information content (AvgIpc) is 2.47. The van der Waals surface area contributed by atoms with Crippen LogP contribution in [0.2, 0.25) is 0 Å². The van der Waals surface area contributed by atoms with Crippen molar-refractivity contribution in [1.29, 1.82) is 0 Å². The third-order valence-electron chi connectivity index (χ3n) is 1.74. The van der Waals surface area contributed by atoms with Crippen LogP contribution in [0.25, 0.3) is 0 Å². The van der Waals surface area contributed by atoms with Crippen molar-refractivity contribution in [3.8, 4) is 0 Å². The topological polar surface area (TPSA) is 44.8 Å². The summed E-state index contributed by atoms with van der Waals surface area (Å²) >= 11 is 24.7. The smallest absolute Gasteiger partial charge is 0.286 e. The summed E-state index contributed by atoms with van der Waals surface area (Å²) in [6.45, 7) is 0.347. The van der Waals surface area contributed by atoms with Gasteiger partial charge in [-0.05, 0) is 0 Å². The normalized spacial score (nSPS) is 19.3. The van der Waals surface area contributed by atoms with E-state index in [-0.39, 0.29) is 35.4 Å². The lowest BCUT2D eigenvalue weighted by molar-refractivity contribution is 0.117. The molecule has 0 saturated carbocycles. The van der Waals surface area contributed by atoms with Gasteiger partial charge in [0.15, 0.2) is 0 Å². The van der Waals surface area contributed by atoms with Gasteiger partial charge in [0.05, 0.1) is 25.2 Å². The Morgan fingerprint density at radius 3 is 1.70 bits per heavy atom. The first kappa shape index (κ1) is 22.6. The van der Waals surface area contributed by atoms with Gasteiger partial charge in [-0.2, -0.15) is 0 Å². The van der Waals surface area contributed by atoms with E-state index in [1.807, 2.05) is 0 Å². The second-order valence-electron chi connectivity index (χ2n) is 3.59. The molecule has 0 fully saturated rings. The number of phosphoric acid groups is 1. The zero-order valence-corrected chi connectivity index (χ0v) is 19.1. The maximum atomic E-state index is 12.4. The molecule has 0 heterocycles. The van der Waals surface area contributed by atoms with Crippen molar-refractivity contribution in [3.63, 3.8) is 0 Å². The van der Waals surface area contributed by atoms with Gasteiger partial charge < -0.3 is 0 Å². The number of phosphoric ester groups is 1. The van der Waals surface area contributed by atoms with Crippen molar-refractivity contribution in [2.45, 2.75) is 15.0 Å². The van der Waals surface area contributed by atoms with E-state index < -0.39 is 13.2 Å². The molecule has 0 aliphatic rings. The summed E-state index contributed by atoms with van der Waals surface area (Å²) in [4.78, 5) is -0.00224. The minimum Gasteiger partial charge on any atom is -0.286 e. The lowest BCUT2D eigenvalue weighted by atomic mass is 10.5. The maximum absolute atomic E-state index is 12.4. The van der Waals surface area contributed by atoms with E-state index in [0.29, 0.717) is 10.7 Å². The molecule has 0 saturated heterocycles. The highest BCUT2D eigenvalue weighted by molar-refractivity contribution is 9.12. The van der Waals surface area contributed by atoms with Crippen LogP contribution < -0.4 is 0 Å². The maximum Gasteiger partial charge on any atom is 0.474 e. The number of hydrogen-bond acceptors (Lipinski definition) is 4. The summed E-state index contributed by atoms with van der Waals surface area (Å²) in [6, 6.07) is 0. The molecule has 0 aromatic rings. The van der Waals surface area contributed by atoms with E-state index in [4.69, 9.17) is 36.8 Å². The number of hydrogen-bond donors (Lipinski definition) is 0. The lowest BCUT2D eigenvalue weighted by Gasteiger charge is -2.21. The fraction of sp³-hybridized carbons (Fsp3) is 1.00. The first-order valence-corrected chi connectivity index (χ1v) is 12.0. The molecule has 0 aromatic carbocycles. The van der Waals surface area contributed by atoms with Crippen molar-refractivity contribution in [1.82, 2.24) is 0 Å². The Labute approximate surface area is 163 Å². The summed E-state index contributed by atoms with van der Waals surface area (Å²) < 4.78 is 28.2. The molecule has 4 atom stereocenters. The zero-order chi connectivity index (χ0) is 15.6. The molecule has 0 N–H and O–H groups in total. The Balaban J connectivity index is 4.45. The molecule has 0 radical (unpaired) electrons. The van der Waals surface area contributed by atoms with Crippen LogP contribution in [0, 0.1) is 0 Å². The molecule has 0 aliphatic heterocycles. The number of rotatable bonds is 12. The van der Waals surface area contributed by atoms with Gasteiger partial charge in [0.1, 0.15) is 0 Å². The van der Waals surface area contributed by atoms with Crippen LogP contribution in [0.3, 0.4) is 0 Å². The third kappa shape index (κ3) is 11.2. The number of alkyl halides is 6. The molecule has 1 unspecified atom stereocenters. The van der Waals surface area contributed by atoms with Gasteiger partial charge in [-0.15, -0.1) is 23.2 Å². The minimum atomic E-state index is -3.67. The van der Waals surface area contributed by atoms with Gasteiger partial charge in [-0.3, -0.25) is 13.6 Å². The van der Waals surface area contributed by atoms with Crippen LogP contribution in [0.4, 0.5) is 0 Å². The zero-order valence-electron chi connectivity index (χ0n) is 10.3. The first-order chi connectivity index (χ1) is 9.36. The van der Waals surface area contributed by atoms with Crippen LogP contribution in [0.5, 0.6) is 0 Å². The van der Waals surface area contributed by atoms with Crippen LogP contribution in [0.1, 0.15) is 0 Å². The molecule has 20 heavy (non-hydrogen) atoms. The Morgan fingerprint density at radius 1 is 0.950 bits per heavy atom. The van der Waals surface area contributed by atoms with Gasteiger partial charge in [-0.25, -0.2) is 4.57 Å². The monoisotopic (exact) mass is 604 g/mol. The quantitative estimate of drug-likeness (QED) is 0.223. The van der Waals surface area contributed by atoms with Gasteiger partial charge >= 0.3 is 7.82 Å². The average molecular weight is 609 g/mol. The van der Waals surface area contributed by atoms with Crippen molar-refractivity contribution in [3.05, 3.63) is 0 Å². The van der Waals surface area contributed by atoms with Crippen LogP contribution in [0.15, 0.2) is 0 Å². The van der Waals surface area contributed by atoms with E-state index in [1.165, 1.54) is 0 Å². The molecule has 0 rings (SSSR count). The highest BCUT2D eigenvalue weighted by Crippen LogP contribution is 2.50. The SMILES string of the molecule is O=P(OC[C@H](Cl)CCl)(OC[C@H](Br)CBr)OC[C@@H](Br)CBr. The fourth-order valence-corrected chi connectivity index (χ4v) is 3.36. The molecule has 0 aromatic heterocycles. The molecule has 0 amide bonds. The van der Waals surface area contributed by atoms with E-state index in [2.05, 4.69) is 63.7 Å². The Morgan fingerprint density at radius 2 is 1.35 bits per heavy atom. The van der Waals surface area contributed by atoms with E-state index >= 15 is 0 Å². The van der Waals surface area contributed by atoms with Crippen molar-refractivity contribution >= 4 is 94.7 Å². The van der Waals surface area contributed by atoms with E-state index in [1.54, 1.807) is 0 Å². The predicted molar refractivity (Wildman–Crippen MR) is 98.8 cm³/mol. The van der Waals surface area contributed by atoms with Gasteiger partial charge in [0.2, 0.25) is 0 Å². The van der Waals surface area contributed by atoms with Gasteiger partial charge in [-0.1, -0.05) is 63.7 Å². The molecule has 4 nitrogen and oxygen atoms in total. The number of halogens is 6. The van der Waals surface area contributed by atoms with Gasteiger partial charge in [0, 0.05) is 26.2 Å². The fourth-order valence-electron chi connectivity index (χ4n) is 0.762. The molecule has 122 valence electrons. The minimum absolute atomic E-state index is 0.00112. The molecule has 0 aliphatic carbocycles. The highest BCUT2D eigenvalue weighted by Gasteiger charge is 2.29. The van der Waals surface area contributed by atoms with Gasteiger partial charge in [0.25, 0.3) is 0 Å². The van der Waals surface area contributed by atoms with Crippen LogP contribution >= 0.6 is 94.7 Å². The summed E-state index contributed by atoms with van der Waals surface area (Å²) in [6.07, 6.45) is 0. The molecular weight excluding hydrogens is 594 g/mol. The molecule has 0 spiro atoms. The predicted octanol–water partition coefficient (Wildman–Crippen LogP) is 5.31. The first-order valence-electron chi connectivity index (χ1n) is 5.50. The highest BCUT2D eigenvalue weighted by atomic mass is 79.9. The molecule has 0 bridgehead atoms. The van der Waals surface area contributed by atoms with Crippen LogP contribution in [-0.4, -0.2) is 51.4 Å². The summed E-state index contributed by atoms with van der Waals surface area (Å²) in [5.74, 6) is 0.187. The second kappa shape index (κ2) is 13.0. The largest absolute Gasteiger partial charge is 0.474 e. The molecule has 11 heteroatoms. The van der Waals surface area contributed by atoms with E-state index in [9.17, 15) is 4.57 Å². The lowest BCUT2D eigenvalue weighted by Crippen LogP contribution is -2.17. The van der Waals surface area contributed by atoms with Crippen molar-refractivity contribution in [2.24, 2.45) is 0 Å². The summed E-state index contributed by atoms with van der Waals surface area (Å²) in [5.41, 5.74) is 0. The second-order valence-corrected chi connectivity index (χ2v) is 10.1. The van der Waals surface area contributed by atoms with Crippen LogP contribution in [-0.2, 0) is 18.1 Å². The Hall–Kier alpha value is 2.61. The molecular formula is C9H15Br4Cl2O4P. The Kier molecular flexibility index (Phi) is 14.7. The summed E-state index contributed by atoms with van der Waals surface area (Å²) in [7, 11) is -3.67.